The predicted octanol–water partition coefficient (Wildman–Crippen LogP) is -6.63. The van der Waals surface area contributed by atoms with E-state index in [0.29, 0.717) is 0 Å². The minimum absolute atomic E-state index is 0.0258. The molecule has 1 rings (SSSR count). The van der Waals surface area contributed by atoms with Gasteiger partial charge in [-0.2, -0.15) is 0 Å². The Bertz CT molecular complexity index is 355. The average molecular weight is 359 g/mol. The topological polar surface area (TPSA) is 234 Å². The van der Waals surface area contributed by atoms with Gasteiger partial charge in [0.1, 0.15) is 42.7 Å². The van der Waals surface area contributed by atoms with Crippen molar-refractivity contribution in [3.63, 3.8) is 0 Å². The lowest BCUT2D eigenvalue weighted by Gasteiger charge is -2.38. The Morgan fingerprint density at radius 1 is 1.00 bits per heavy atom. The summed E-state index contributed by atoms with van der Waals surface area (Å²) >= 11 is 0. The number of hydrogen-bond donors (Lipinski definition) is 10. The molecule has 12 nitrogen and oxygen atoms in total. The Morgan fingerprint density at radius 3 is 1.96 bits per heavy atom. The van der Waals surface area contributed by atoms with Crippen LogP contribution in [-0.4, -0.2) is 121 Å². The van der Waals surface area contributed by atoms with Crippen LogP contribution in [0.4, 0.5) is 0 Å². The zero-order valence-corrected chi connectivity index (χ0v) is 12.6. The van der Waals surface area contributed by atoms with Crippen LogP contribution in [0.2, 0.25) is 0 Å². The van der Waals surface area contributed by atoms with Crippen LogP contribution >= 0.6 is 0 Å². The second-order valence-electron chi connectivity index (χ2n) is 5.16. The first-order valence-corrected chi connectivity index (χ1v) is 6.96. The second kappa shape index (κ2) is 11.0. The third-order valence-electron chi connectivity index (χ3n) is 3.37. The van der Waals surface area contributed by atoms with E-state index in [1.165, 1.54) is 0 Å². The van der Waals surface area contributed by atoms with Crippen molar-refractivity contribution < 1.29 is 55.5 Å². The number of rotatable bonds is 6. The van der Waals surface area contributed by atoms with Gasteiger partial charge in [-0.3, -0.25) is 0 Å². The number of ether oxygens (including phenoxy) is 1. The van der Waals surface area contributed by atoms with Crippen molar-refractivity contribution in [2.75, 3.05) is 13.2 Å². The maximum absolute atomic E-state index is 9.90. The molecule has 0 aliphatic carbocycles. The Labute approximate surface area is 137 Å². The molecule has 11 N–H and O–H groups in total. The van der Waals surface area contributed by atoms with Crippen molar-refractivity contribution in [1.29, 1.82) is 0 Å². The van der Waals surface area contributed by atoms with Crippen LogP contribution in [0.15, 0.2) is 0 Å². The van der Waals surface area contributed by atoms with Crippen LogP contribution < -0.4 is 5.73 Å². The lowest BCUT2D eigenvalue weighted by Crippen LogP contribution is -2.61. The smallest absolute Gasteiger partial charge is 0.173 e. The van der Waals surface area contributed by atoms with Crippen molar-refractivity contribution in [3.05, 3.63) is 0 Å². The van der Waals surface area contributed by atoms with Gasteiger partial charge >= 0.3 is 0 Å². The van der Waals surface area contributed by atoms with E-state index in [9.17, 15) is 15.0 Å². The molecule has 1 fully saturated rings. The van der Waals surface area contributed by atoms with E-state index in [1.807, 2.05) is 0 Å². The molecule has 1 aliphatic rings. The lowest BCUT2D eigenvalue weighted by molar-refractivity contribution is -0.248. The summed E-state index contributed by atoms with van der Waals surface area (Å²) in [6.07, 6.45) is -11.7. The van der Waals surface area contributed by atoms with Crippen molar-refractivity contribution in [2.45, 2.75) is 55.1 Å². The zero-order valence-electron chi connectivity index (χ0n) is 12.6. The third kappa shape index (κ3) is 6.27. The molecule has 0 amide bonds. The Kier molecular flexibility index (Phi) is 10.6. The van der Waals surface area contributed by atoms with Gasteiger partial charge in [-0.15, -0.1) is 0 Å². The summed E-state index contributed by atoms with van der Waals surface area (Å²) in [6.45, 7) is -1.23. The third-order valence-corrected chi connectivity index (χ3v) is 3.37. The summed E-state index contributed by atoms with van der Waals surface area (Å²) in [5.74, 6) is 0. The van der Waals surface area contributed by atoms with E-state index < -0.39 is 68.3 Å². The first-order chi connectivity index (χ1) is 11.1. The van der Waals surface area contributed by atoms with Crippen LogP contribution in [0.5, 0.6) is 0 Å². The summed E-state index contributed by atoms with van der Waals surface area (Å²) < 4.78 is 4.70. The van der Waals surface area contributed by atoms with Gasteiger partial charge in [-0.25, -0.2) is 0 Å². The van der Waals surface area contributed by atoms with Crippen LogP contribution in [0.3, 0.4) is 0 Å². The molecule has 0 unspecified atom stereocenters. The molecule has 0 aromatic rings. The molecular formula is C12H25NO11. The number of hydrogen-bond acceptors (Lipinski definition) is 12. The SMILES string of the molecule is N[C@@H]1[C@@H](O)[C@H](O)[C@@H](CO)O[C@H]1O.O=C[C@H](O)[C@@H](O)[C@H](O)[C@H](O)CO. The molecule has 1 heterocycles. The highest BCUT2D eigenvalue weighted by molar-refractivity contribution is 5.56. The molecule has 1 aliphatic heterocycles. The Hall–Kier alpha value is -0.770. The number of aliphatic hydroxyl groups excluding tert-OH is 9. The average Bonchev–Trinajstić information content (AvgIpc) is 2.60. The van der Waals surface area contributed by atoms with Gasteiger partial charge in [0.2, 0.25) is 0 Å². The first kappa shape index (κ1) is 23.2. The summed E-state index contributed by atoms with van der Waals surface area (Å²) in [5, 5.41) is 79.6. The summed E-state index contributed by atoms with van der Waals surface area (Å²) in [4.78, 5) is 9.90. The first-order valence-electron chi connectivity index (χ1n) is 6.96. The number of aldehydes is 1. The monoisotopic (exact) mass is 359 g/mol. The molecule has 0 spiro atoms. The molecule has 144 valence electrons. The molecule has 12 heteroatoms. The molecule has 1 saturated heterocycles. The molecule has 0 aromatic heterocycles. The van der Waals surface area contributed by atoms with Crippen molar-refractivity contribution >= 4 is 6.29 Å². The van der Waals surface area contributed by atoms with Crippen molar-refractivity contribution in [3.8, 4) is 0 Å². The van der Waals surface area contributed by atoms with Crippen LogP contribution in [0.25, 0.3) is 0 Å². The highest BCUT2D eigenvalue weighted by Gasteiger charge is 2.41. The minimum Gasteiger partial charge on any atom is -0.394 e. The normalized spacial score (nSPS) is 35.2. The van der Waals surface area contributed by atoms with E-state index in [-0.39, 0.29) is 6.29 Å². The van der Waals surface area contributed by atoms with E-state index in [2.05, 4.69) is 0 Å². The van der Waals surface area contributed by atoms with Gasteiger partial charge in [-0.05, 0) is 0 Å². The predicted molar refractivity (Wildman–Crippen MR) is 75.1 cm³/mol. The van der Waals surface area contributed by atoms with E-state index in [0.717, 1.165) is 0 Å². The zero-order chi connectivity index (χ0) is 19.0. The molecule has 9 atom stereocenters. The van der Waals surface area contributed by atoms with Gasteiger partial charge in [0.25, 0.3) is 0 Å². The van der Waals surface area contributed by atoms with Gasteiger partial charge < -0.3 is 61.2 Å². The maximum atomic E-state index is 9.90. The van der Waals surface area contributed by atoms with E-state index >= 15 is 0 Å². The van der Waals surface area contributed by atoms with Crippen molar-refractivity contribution in [2.24, 2.45) is 5.73 Å². The number of nitrogens with two attached hydrogens (primary N) is 1. The lowest BCUT2D eigenvalue weighted by atomic mass is 9.98. The quantitative estimate of drug-likeness (QED) is 0.199. The molecule has 0 bridgehead atoms. The van der Waals surface area contributed by atoms with Gasteiger partial charge in [-0.1, -0.05) is 0 Å². The fourth-order valence-electron chi connectivity index (χ4n) is 1.74. The van der Waals surface area contributed by atoms with E-state index in [4.69, 9.17) is 46.2 Å². The standard InChI is InChI=1S/C6H13NO5.C6H12O6/c7-3-5(10)4(9)2(1-8)12-6(3)11;7-1-3(9)5(11)6(12)4(10)2-8/h2-6,8-11H,1,7H2;1,3-6,8-12H,2H2/t2-,3-,4-,5-,6-;3-,4+,5+,6+/m10/s1. The van der Waals surface area contributed by atoms with Crippen LogP contribution in [0, 0.1) is 0 Å². The number of aliphatic hydroxyl groups is 9. The number of carbonyl (C=O) groups is 1. The molecule has 0 radical (unpaired) electrons. The molecule has 24 heavy (non-hydrogen) atoms. The molecule has 0 saturated carbocycles. The van der Waals surface area contributed by atoms with Gasteiger partial charge in [0, 0.05) is 0 Å². The Morgan fingerprint density at radius 2 is 1.54 bits per heavy atom. The molecular weight excluding hydrogens is 334 g/mol. The van der Waals surface area contributed by atoms with E-state index in [1.54, 1.807) is 0 Å². The summed E-state index contributed by atoms with van der Waals surface area (Å²) in [6, 6.07) is -1.04. The maximum Gasteiger partial charge on any atom is 0.173 e. The second-order valence-corrected chi connectivity index (χ2v) is 5.16. The summed E-state index contributed by atoms with van der Waals surface area (Å²) in [5.41, 5.74) is 5.26. The minimum atomic E-state index is -1.79. The highest BCUT2D eigenvalue weighted by Crippen LogP contribution is 2.17. The fourth-order valence-corrected chi connectivity index (χ4v) is 1.74. The molecule has 0 aromatic carbocycles. The summed E-state index contributed by atoms with van der Waals surface area (Å²) in [7, 11) is 0. The van der Waals surface area contributed by atoms with Gasteiger partial charge in [0.15, 0.2) is 12.6 Å². The van der Waals surface area contributed by atoms with Crippen LogP contribution in [0.1, 0.15) is 0 Å². The van der Waals surface area contributed by atoms with Gasteiger partial charge in [0.05, 0.1) is 19.3 Å². The number of carbonyl (C=O) groups excluding carboxylic acids is 1. The van der Waals surface area contributed by atoms with Crippen LogP contribution in [-0.2, 0) is 9.53 Å². The Balaban J connectivity index is 0.000000441. The fraction of sp³-hybridized carbons (Fsp3) is 0.917. The van der Waals surface area contributed by atoms with Crippen molar-refractivity contribution in [1.82, 2.24) is 0 Å². The highest BCUT2D eigenvalue weighted by atomic mass is 16.6. The largest absolute Gasteiger partial charge is 0.394 e.